The van der Waals surface area contributed by atoms with E-state index in [-0.39, 0.29) is 5.91 Å². The summed E-state index contributed by atoms with van der Waals surface area (Å²) in [6.45, 7) is 2.39. The third-order valence-electron chi connectivity index (χ3n) is 3.76. The highest BCUT2D eigenvalue weighted by Crippen LogP contribution is 2.16. The third kappa shape index (κ3) is 5.09. The number of amides is 1. The molecule has 0 aliphatic rings. The standard InChI is InChI=1S/C19H19ClN4OS/c1-14-21-7-8-24(14)18-6-5-16(10-22-18)11-23-19(25)13-26-12-15-3-2-4-17(20)9-15/h2-10H,11-13H2,1H3,(H,23,25). The first-order valence-electron chi connectivity index (χ1n) is 8.16. The molecule has 1 amide bonds. The quantitative estimate of drug-likeness (QED) is 0.671. The fraction of sp³-hybridized carbons (Fsp3) is 0.211. The molecular formula is C19H19ClN4OS. The second kappa shape index (κ2) is 8.87. The SMILES string of the molecule is Cc1nccn1-c1ccc(CNC(=O)CSCc2cccc(Cl)c2)cn1. The van der Waals surface area contributed by atoms with E-state index in [1.807, 2.05) is 54.1 Å². The van der Waals surface area contributed by atoms with Crippen molar-refractivity contribution in [3.8, 4) is 5.82 Å². The van der Waals surface area contributed by atoms with Crippen LogP contribution in [0.3, 0.4) is 0 Å². The van der Waals surface area contributed by atoms with E-state index in [9.17, 15) is 4.79 Å². The number of carbonyl (C=O) groups is 1. The molecule has 0 aliphatic carbocycles. The number of hydrogen-bond donors (Lipinski definition) is 1. The van der Waals surface area contributed by atoms with Gasteiger partial charge in [-0.1, -0.05) is 29.8 Å². The lowest BCUT2D eigenvalue weighted by atomic mass is 10.2. The van der Waals surface area contributed by atoms with Gasteiger partial charge in [-0.15, -0.1) is 11.8 Å². The van der Waals surface area contributed by atoms with Gasteiger partial charge in [-0.2, -0.15) is 0 Å². The number of aromatic nitrogens is 3. The van der Waals surface area contributed by atoms with Crippen LogP contribution in [-0.4, -0.2) is 26.2 Å². The van der Waals surface area contributed by atoms with E-state index in [0.717, 1.165) is 33.5 Å². The van der Waals surface area contributed by atoms with E-state index in [1.54, 1.807) is 24.2 Å². The van der Waals surface area contributed by atoms with Crippen LogP contribution in [-0.2, 0) is 17.1 Å². The summed E-state index contributed by atoms with van der Waals surface area (Å²) in [6, 6.07) is 11.6. The van der Waals surface area contributed by atoms with Crippen LogP contribution in [0, 0.1) is 6.92 Å². The molecule has 7 heteroatoms. The monoisotopic (exact) mass is 386 g/mol. The fourth-order valence-electron chi connectivity index (χ4n) is 2.42. The zero-order chi connectivity index (χ0) is 18.4. The summed E-state index contributed by atoms with van der Waals surface area (Å²) in [7, 11) is 0. The fourth-order valence-corrected chi connectivity index (χ4v) is 3.44. The predicted octanol–water partition coefficient (Wildman–Crippen LogP) is 3.78. The number of rotatable bonds is 7. The Balaban J connectivity index is 1.43. The first kappa shape index (κ1) is 18.5. The first-order chi connectivity index (χ1) is 12.6. The Morgan fingerprint density at radius 1 is 1.23 bits per heavy atom. The number of halogens is 1. The molecule has 3 aromatic rings. The number of hydrogen-bond acceptors (Lipinski definition) is 4. The summed E-state index contributed by atoms with van der Waals surface area (Å²) in [5.74, 6) is 2.87. The third-order valence-corrected chi connectivity index (χ3v) is 5.00. The largest absolute Gasteiger partial charge is 0.351 e. The Morgan fingerprint density at radius 3 is 2.81 bits per heavy atom. The van der Waals surface area contributed by atoms with Crippen molar-refractivity contribution < 1.29 is 4.79 Å². The van der Waals surface area contributed by atoms with Crippen molar-refractivity contribution in [1.82, 2.24) is 19.9 Å². The zero-order valence-electron chi connectivity index (χ0n) is 14.4. The Labute approximate surface area is 161 Å². The molecule has 1 aromatic carbocycles. The topological polar surface area (TPSA) is 59.8 Å². The molecule has 2 aromatic heterocycles. The number of carbonyl (C=O) groups excluding carboxylic acids is 1. The van der Waals surface area contributed by atoms with Crippen molar-refractivity contribution in [1.29, 1.82) is 0 Å². The predicted molar refractivity (Wildman–Crippen MR) is 106 cm³/mol. The van der Waals surface area contributed by atoms with Gasteiger partial charge < -0.3 is 5.32 Å². The highest BCUT2D eigenvalue weighted by molar-refractivity contribution is 7.99. The zero-order valence-corrected chi connectivity index (χ0v) is 15.9. The molecule has 134 valence electrons. The van der Waals surface area contributed by atoms with Gasteiger partial charge in [0, 0.05) is 35.9 Å². The highest BCUT2D eigenvalue weighted by Gasteiger charge is 2.05. The van der Waals surface area contributed by atoms with Gasteiger partial charge in [-0.25, -0.2) is 9.97 Å². The second-order valence-electron chi connectivity index (χ2n) is 5.77. The number of nitrogens with zero attached hydrogens (tertiary/aromatic N) is 3. The normalized spacial score (nSPS) is 10.7. The Hall–Kier alpha value is -2.31. The number of imidazole rings is 1. The average Bonchev–Trinajstić information content (AvgIpc) is 3.06. The van der Waals surface area contributed by atoms with Crippen LogP contribution in [0.5, 0.6) is 0 Å². The van der Waals surface area contributed by atoms with Crippen molar-refractivity contribution in [2.24, 2.45) is 0 Å². The van der Waals surface area contributed by atoms with Gasteiger partial charge in [0.2, 0.25) is 5.91 Å². The van der Waals surface area contributed by atoms with Gasteiger partial charge in [-0.3, -0.25) is 9.36 Å². The van der Waals surface area contributed by atoms with Gasteiger partial charge >= 0.3 is 0 Å². The molecule has 2 heterocycles. The summed E-state index contributed by atoms with van der Waals surface area (Å²) >= 11 is 7.52. The molecule has 0 saturated heterocycles. The van der Waals surface area contributed by atoms with Crippen molar-refractivity contribution >= 4 is 29.3 Å². The average molecular weight is 387 g/mol. The lowest BCUT2D eigenvalue weighted by Gasteiger charge is -2.07. The number of thioether (sulfide) groups is 1. The van der Waals surface area contributed by atoms with Crippen LogP contribution >= 0.6 is 23.4 Å². The van der Waals surface area contributed by atoms with Gasteiger partial charge in [0.1, 0.15) is 11.6 Å². The molecule has 0 radical (unpaired) electrons. The summed E-state index contributed by atoms with van der Waals surface area (Å²) in [5, 5.41) is 3.63. The Morgan fingerprint density at radius 2 is 2.12 bits per heavy atom. The van der Waals surface area contributed by atoms with Crippen molar-refractivity contribution in [2.75, 3.05) is 5.75 Å². The Kier molecular flexibility index (Phi) is 6.30. The van der Waals surface area contributed by atoms with E-state index in [2.05, 4.69) is 15.3 Å². The van der Waals surface area contributed by atoms with Gasteiger partial charge in [0.25, 0.3) is 0 Å². The van der Waals surface area contributed by atoms with E-state index in [0.29, 0.717) is 12.3 Å². The number of benzene rings is 1. The van der Waals surface area contributed by atoms with E-state index in [1.165, 1.54) is 0 Å². The van der Waals surface area contributed by atoms with E-state index < -0.39 is 0 Å². The number of pyridine rings is 1. The molecule has 0 atom stereocenters. The molecule has 3 rings (SSSR count). The lowest BCUT2D eigenvalue weighted by Crippen LogP contribution is -2.24. The van der Waals surface area contributed by atoms with Crippen molar-refractivity contribution in [3.05, 3.63) is 77.0 Å². The summed E-state index contributed by atoms with van der Waals surface area (Å²) in [6.07, 6.45) is 5.39. The van der Waals surface area contributed by atoms with Crippen molar-refractivity contribution in [2.45, 2.75) is 19.2 Å². The highest BCUT2D eigenvalue weighted by atomic mass is 35.5. The summed E-state index contributed by atoms with van der Waals surface area (Å²) in [5.41, 5.74) is 2.07. The molecule has 0 unspecified atom stereocenters. The number of nitrogens with one attached hydrogen (secondary N) is 1. The molecule has 0 aliphatic heterocycles. The Bertz CT molecular complexity index is 879. The van der Waals surface area contributed by atoms with Gasteiger partial charge in [-0.05, 0) is 36.2 Å². The minimum Gasteiger partial charge on any atom is -0.351 e. The maximum Gasteiger partial charge on any atom is 0.230 e. The van der Waals surface area contributed by atoms with E-state index in [4.69, 9.17) is 11.6 Å². The van der Waals surface area contributed by atoms with Crippen LogP contribution in [0.2, 0.25) is 5.02 Å². The molecule has 26 heavy (non-hydrogen) atoms. The van der Waals surface area contributed by atoms with Crippen LogP contribution in [0.25, 0.3) is 5.82 Å². The molecular weight excluding hydrogens is 368 g/mol. The maximum atomic E-state index is 12.0. The van der Waals surface area contributed by atoms with E-state index >= 15 is 0 Å². The van der Waals surface area contributed by atoms with Gasteiger partial charge in [0.15, 0.2) is 0 Å². The maximum absolute atomic E-state index is 12.0. The first-order valence-corrected chi connectivity index (χ1v) is 9.69. The minimum absolute atomic E-state index is 0.00607. The van der Waals surface area contributed by atoms with Crippen LogP contribution in [0.4, 0.5) is 0 Å². The van der Waals surface area contributed by atoms with Crippen molar-refractivity contribution in [3.63, 3.8) is 0 Å². The van der Waals surface area contributed by atoms with Gasteiger partial charge in [0.05, 0.1) is 5.75 Å². The van der Waals surface area contributed by atoms with Crippen LogP contribution < -0.4 is 5.32 Å². The van der Waals surface area contributed by atoms with Crippen LogP contribution in [0.1, 0.15) is 17.0 Å². The molecule has 5 nitrogen and oxygen atoms in total. The lowest BCUT2D eigenvalue weighted by molar-refractivity contribution is -0.118. The molecule has 0 bridgehead atoms. The molecule has 0 fully saturated rings. The smallest absolute Gasteiger partial charge is 0.230 e. The molecule has 0 spiro atoms. The van der Waals surface area contributed by atoms with Crippen LogP contribution in [0.15, 0.2) is 55.0 Å². The summed E-state index contributed by atoms with van der Waals surface area (Å²) in [4.78, 5) is 20.6. The summed E-state index contributed by atoms with van der Waals surface area (Å²) < 4.78 is 1.91. The molecule has 0 saturated carbocycles. The minimum atomic E-state index is 0.00607. The molecule has 1 N–H and O–H groups in total. The number of aryl methyl sites for hydroxylation is 1. The second-order valence-corrected chi connectivity index (χ2v) is 7.19.